The van der Waals surface area contributed by atoms with E-state index in [0.29, 0.717) is 5.71 Å². The molecule has 0 saturated heterocycles. The molecule has 0 radical (unpaired) electrons. The summed E-state index contributed by atoms with van der Waals surface area (Å²) in [5.41, 5.74) is 1.27. The van der Waals surface area contributed by atoms with Gasteiger partial charge in [0.25, 0.3) is 0 Å². The average molecular weight is 152 g/mol. The summed E-state index contributed by atoms with van der Waals surface area (Å²) in [6.45, 7) is 4.55. The van der Waals surface area contributed by atoms with Crippen molar-refractivity contribution in [3.8, 4) is 0 Å². The summed E-state index contributed by atoms with van der Waals surface area (Å²) in [4.78, 5) is 6.91. The Labute approximate surface area is 65.6 Å². The van der Waals surface area contributed by atoms with Crippen molar-refractivity contribution in [3.63, 3.8) is 0 Å². The van der Waals surface area contributed by atoms with Gasteiger partial charge in [0, 0.05) is 6.54 Å². The second-order valence-corrected chi connectivity index (χ2v) is 2.28. The highest BCUT2D eigenvalue weighted by Gasteiger charge is 2.04. The van der Waals surface area contributed by atoms with E-state index in [1.54, 1.807) is 13.3 Å². The van der Waals surface area contributed by atoms with Gasteiger partial charge in [-0.05, 0) is 13.8 Å². The van der Waals surface area contributed by atoms with E-state index in [1.165, 1.54) is 0 Å². The van der Waals surface area contributed by atoms with E-state index in [4.69, 9.17) is 5.41 Å². The third-order valence-electron chi connectivity index (χ3n) is 1.36. The Bertz CT molecular complexity index is 251. The van der Waals surface area contributed by atoms with Gasteiger partial charge in [-0.1, -0.05) is 0 Å². The van der Waals surface area contributed by atoms with E-state index in [-0.39, 0.29) is 0 Å². The van der Waals surface area contributed by atoms with Gasteiger partial charge in [0.15, 0.2) is 5.82 Å². The minimum Gasteiger partial charge on any atom is -0.369 e. The molecule has 1 aromatic heterocycles. The molecule has 4 heteroatoms. The zero-order valence-corrected chi connectivity index (χ0v) is 6.73. The smallest absolute Gasteiger partial charge is 0.153 e. The molecule has 3 N–H and O–H groups in total. The van der Waals surface area contributed by atoms with Gasteiger partial charge in [0.1, 0.15) is 5.69 Å². The molecule has 0 unspecified atom stereocenters. The predicted molar refractivity (Wildman–Crippen MR) is 45.3 cm³/mol. The molecule has 0 aliphatic heterocycles. The summed E-state index contributed by atoms with van der Waals surface area (Å²) in [7, 11) is 0. The molecule has 11 heavy (non-hydrogen) atoms. The van der Waals surface area contributed by atoms with Crippen molar-refractivity contribution in [2.75, 3.05) is 11.9 Å². The highest BCUT2D eigenvalue weighted by Crippen LogP contribution is 2.08. The van der Waals surface area contributed by atoms with Crippen molar-refractivity contribution in [2.45, 2.75) is 13.8 Å². The Balaban J connectivity index is 2.87. The lowest BCUT2D eigenvalue weighted by Crippen LogP contribution is -2.03. The van der Waals surface area contributed by atoms with E-state index in [9.17, 15) is 0 Å². The van der Waals surface area contributed by atoms with Crippen LogP contribution in [0.1, 0.15) is 19.5 Å². The van der Waals surface area contributed by atoms with E-state index in [2.05, 4.69) is 15.3 Å². The summed E-state index contributed by atoms with van der Waals surface area (Å²) in [6.07, 6.45) is 1.59. The van der Waals surface area contributed by atoms with Crippen LogP contribution in [0.25, 0.3) is 0 Å². The zero-order chi connectivity index (χ0) is 8.27. The van der Waals surface area contributed by atoms with Gasteiger partial charge >= 0.3 is 0 Å². The molecule has 0 fully saturated rings. The SMILES string of the molecule is CCNc1nc[nH]c1C(C)=N. The number of imidazole rings is 1. The summed E-state index contributed by atoms with van der Waals surface area (Å²) in [5, 5.41) is 10.4. The van der Waals surface area contributed by atoms with E-state index in [0.717, 1.165) is 18.1 Å². The van der Waals surface area contributed by atoms with Gasteiger partial charge in [-0.15, -0.1) is 0 Å². The van der Waals surface area contributed by atoms with Crippen molar-refractivity contribution in [2.24, 2.45) is 0 Å². The molecule has 0 aromatic carbocycles. The molecular formula is C7H12N4. The Morgan fingerprint density at radius 3 is 3.09 bits per heavy atom. The molecule has 1 aromatic rings. The monoisotopic (exact) mass is 152 g/mol. The van der Waals surface area contributed by atoms with Crippen LogP contribution >= 0.6 is 0 Å². The first kappa shape index (κ1) is 7.78. The Kier molecular flexibility index (Phi) is 2.25. The highest BCUT2D eigenvalue weighted by molar-refractivity contribution is 5.98. The first-order chi connectivity index (χ1) is 5.25. The summed E-state index contributed by atoms with van der Waals surface area (Å²) in [5.74, 6) is 0.764. The van der Waals surface area contributed by atoms with Crippen LogP contribution in [0.2, 0.25) is 0 Å². The van der Waals surface area contributed by atoms with Gasteiger partial charge in [0.05, 0.1) is 12.0 Å². The predicted octanol–water partition coefficient (Wildman–Crippen LogP) is 1.23. The van der Waals surface area contributed by atoms with Crippen molar-refractivity contribution in [3.05, 3.63) is 12.0 Å². The van der Waals surface area contributed by atoms with Crippen LogP contribution in [0, 0.1) is 5.41 Å². The van der Waals surface area contributed by atoms with Gasteiger partial charge in [-0.25, -0.2) is 4.98 Å². The molecule has 1 heterocycles. The zero-order valence-electron chi connectivity index (χ0n) is 6.73. The second kappa shape index (κ2) is 3.18. The van der Waals surface area contributed by atoms with Gasteiger partial charge in [-0.2, -0.15) is 0 Å². The van der Waals surface area contributed by atoms with Gasteiger partial charge in [0.2, 0.25) is 0 Å². The van der Waals surface area contributed by atoms with Crippen LogP contribution < -0.4 is 5.32 Å². The van der Waals surface area contributed by atoms with Crippen LogP contribution in [-0.4, -0.2) is 22.2 Å². The number of aromatic amines is 1. The van der Waals surface area contributed by atoms with E-state index < -0.39 is 0 Å². The molecular weight excluding hydrogens is 140 g/mol. The number of H-pyrrole nitrogens is 1. The number of anilines is 1. The molecule has 4 nitrogen and oxygen atoms in total. The molecule has 0 saturated carbocycles. The molecule has 1 rings (SSSR count). The van der Waals surface area contributed by atoms with Gasteiger partial charge < -0.3 is 15.7 Å². The lowest BCUT2D eigenvalue weighted by molar-refractivity contribution is 1.17. The highest BCUT2D eigenvalue weighted by atomic mass is 15.0. The maximum Gasteiger partial charge on any atom is 0.153 e. The quantitative estimate of drug-likeness (QED) is 0.570. The third kappa shape index (κ3) is 1.58. The van der Waals surface area contributed by atoms with Crippen LogP contribution in [0.3, 0.4) is 0 Å². The Morgan fingerprint density at radius 2 is 2.55 bits per heavy atom. The fourth-order valence-electron chi connectivity index (χ4n) is 0.882. The lowest BCUT2D eigenvalue weighted by atomic mass is 10.3. The van der Waals surface area contributed by atoms with Crippen molar-refractivity contribution in [1.29, 1.82) is 5.41 Å². The number of nitrogens with one attached hydrogen (secondary N) is 3. The summed E-state index contributed by atoms with van der Waals surface area (Å²) >= 11 is 0. The fourth-order valence-corrected chi connectivity index (χ4v) is 0.882. The summed E-state index contributed by atoms with van der Waals surface area (Å²) < 4.78 is 0. The molecule has 0 aliphatic carbocycles. The number of aromatic nitrogens is 2. The Morgan fingerprint density at radius 1 is 1.82 bits per heavy atom. The van der Waals surface area contributed by atoms with Gasteiger partial charge in [-0.3, -0.25) is 0 Å². The largest absolute Gasteiger partial charge is 0.369 e. The van der Waals surface area contributed by atoms with Crippen LogP contribution in [0.15, 0.2) is 6.33 Å². The number of nitrogens with zero attached hydrogens (tertiary/aromatic N) is 1. The maximum absolute atomic E-state index is 7.36. The average Bonchev–Trinajstić information content (AvgIpc) is 2.36. The first-order valence-corrected chi connectivity index (χ1v) is 3.58. The molecule has 0 aliphatic rings. The van der Waals surface area contributed by atoms with Crippen LogP contribution in [0.4, 0.5) is 5.82 Å². The van der Waals surface area contributed by atoms with E-state index in [1.807, 2.05) is 6.92 Å². The van der Waals surface area contributed by atoms with Crippen molar-refractivity contribution >= 4 is 11.5 Å². The lowest BCUT2D eigenvalue weighted by Gasteiger charge is -2.00. The topological polar surface area (TPSA) is 64.6 Å². The molecule has 0 amide bonds. The normalized spacial score (nSPS) is 9.64. The second-order valence-electron chi connectivity index (χ2n) is 2.28. The Hall–Kier alpha value is -1.32. The minimum atomic E-state index is 0.499. The summed E-state index contributed by atoms with van der Waals surface area (Å²) in [6, 6.07) is 0. The fraction of sp³-hybridized carbons (Fsp3) is 0.429. The van der Waals surface area contributed by atoms with E-state index >= 15 is 0 Å². The number of hydrogen-bond donors (Lipinski definition) is 3. The first-order valence-electron chi connectivity index (χ1n) is 3.58. The third-order valence-corrected chi connectivity index (χ3v) is 1.36. The minimum absolute atomic E-state index is 0.499. The molecule has 60 valence electrons. The van der Waals surface area contributed by atoms with Crippen molar-refractivity contribution in [1.82, 2.24) is 9.97 Å². The molecule has 0 bridgehead atoms. The maximum atomic E-state index is 7.36. The van der Waals surface area contributed by atoms with Crippen LogP contribution in [-0.2, 0) is 0 Å². The molecule has 0 atom stereocenters. The standard InChI is InChI=1S/C7H12N4/c1-3-9-7-6(5(2)8)10-4-11-7/h4,8-9H,3H2,1-2H3,(H,10,11). The molecule has 0 spiro atoms. The number of hydrogen-bond acceptors (Lipinski definition) is 3. The van der Waals surface area contributed by atoms with Crippen LogP contribution in [0.5, 0.6) is 0 Å². The number of rotatable bonds is 3. The van der Waals surface area contributed by atoms with Crippen molar-refractivity contribution < 1.29 is 0 Å².